The van der Waals surface area contributed by atoms with E-state index in [9.17, 15) is 14.4 Å². The van der Waals surface area contributed by atoms with Crippen molar-refractivity contribution in [1.29, 1.82) is 0 Å². The number of rotatable bonds is 7. The van der Waals surface area contributed by atoms with Crippen LogP contribution in [0.2, 0.25) is 0 Å². The van der Waals surface area contributed by atoms with Crippen LogP contribution < -0.4 is 20.9 Å². The van der Waals surface area contributed by atoms with Crippen LogP contribution in [0.5, 0.6) is 0 Å². The molecule has 176 valence electrons. The second-order valence-electron chi connectivity index (χ2n) is 8.97. The zero-order valence-electron chi connectivity index (χ0n) is 19.9. The molecule has 0 aliphatic heterocycles. The molecule has 0 radical (unpaired) electrons. The summed E-state index contributed by atoms with van der Waals surface area (Å²) in [5.41, 5.74) is 2.60. The molecule has 0 fully saturated rings. The lowest BCUT2D eigenvalue weighted by Gasteiger charge is -2.20. The minimum absolute atomic E-state index is 0.00455. The number of nitrogens with one attached hydrogen (secondary N) is 3. The van der Waals surface area contributed by atoms with Gasteiger partial charge in [-0.3, -0.25) is 14.4 Å². The summed E-state index contributed by atoms with van der Waals surface area (Å²) in [4.78, 5) is 39.2. The first-order valence-corrected chi connectivity index (χ1v) is 11.0. The number of anilines is 3. The first kappa shape index (κ1) is 24.5. The fourth-order valence-electron chi connectivity index (χ4n) is 3.26. The van der Waals surface area contributed by atoms with Crippen molar-refractivity contribution in [3.8, 4) is 0 Å². The van der Waals surface area contributed by atoms with E-state index in [4.69, 9.17) is 0 Å². The molecule has 3 N–H and O–H groups in total. The molecule has 7 heteroatoms. The number of benzene rings is 3. The van der Waals surface area contributed by atoms with Crippen LogP contribution in [0.4, 0.5) is 17.1 Å². The van der Waals surface area contributed by atoms with E-state index in [1.807, 2.05) is 51.1 Å². The Morgan fingerprint density at radius 2 is 1.41 bits per heavy atom. The smallest absolute Gasteiger partial charge is 0.258 e. The molecule has 0 aliphatic carbocycles. The highest BCUT2D eigenvalue weighted by atomic mass is 16.2. The number of para-hydroxylation sites is 1. The Bertz CT molecular complexity index is 1170. The Kier molecular flexibility index (Phi) is 7.68. The monoisotopic (exact) mass is 458 g/mol. The molecule has 0 atom stereocenters. The van der Waals surface area contributed by atoms with Crippen molar-refractivity contribution < 1.29 is 14.4 Å². The Balaban J connectivity index is 1.59. The predicted molar refractivity (Wildman–Crippen MR) is 136 cm³/mol. The first-order valence-electron chi connectivity index (χ1n) is 11.0. The summed E-state index contributed by atoms with van der Waals surface area (Å²) >= 11 is 0. The Morgan fingerprint density at radius 1 is 0.794 bits per heavy atom. The van der Waals surface area contributed by atoms with Gasteiger partial charge in [0.2, 0.25) is 5.91 Å². The van der Waals surface area contributed by atoms with Gasteiger partial charge in [-0.15, -0.1) is 0 Å². The minimum atomic E-state index is -0.355. The van der Waals surface area contributed by atoms with Gasteiger partial charge in [-0.25, -0.2) is 0 Å². The van der Waals surface area contributed by atoms with E-state index in [1.54, 1.807) is 60.5 Å². The highest BCUT2D eigenvalue weighted by molar-refractivity contribution is 6.06. The number of nitrogens with zero attached hydrogens (tertiary/aromatic N) is 1. The van der Waals surface area contributed by atoms with Crippen molar-refractivity contribution in [2.24, 2.45) is 0 Å². The maximum Gasteiger partial charge on any atom is 0.258 e. The van der Waals surface area contributed by atoms with Crippen LogP contribution in [-0.4, -0.2) is 36.9 Å². The second kappa shape index (κ2) is 10.7. The van der Waals surface area contributed by atoms with E-state index in [-0.39, 0.29) is 29.8 Å². The fraction of sp³-hybridized carbons (Fsp3) is 0.222. The van der Waals surface area contributed by atoms with Gasteiger partial charge in [-0.05, 0) is 69.3 Å². The average molecular weight is 459 g/mol. The molecule has 0 saturated heterocycles. The summed E-state index contributed by atoms with van der Waals surface area (Å²) in [6.07, 6.45) is 0. The molecule has 0 spiro atoms. The van der Waals surface area contributed by atoms with E-state index in [0.717, 1.165) is 5.69 Å². The topological polar surface area (TPSA) is 90.5 Å². The van der Waals surface area contributed by atoms with Crippen molar-refractivity contribution in [1.82, 2.24) is 5.32 Å². The van der Waals surface area contributed by atoms with Gasteiger partial charge in [0.15, 0.2) is 0 Å². The summed E-state index contributed by atoms with van der Waals surface area (Å²) in [7, 11) is 1.72. The molecule has 0 aliphatic rings. The number of hydrogen-bond acceptors (Lipinski definition) is 4. The third-order valence-electron chi connectivity index (χ3n) is 4.91. The standard InChI is InChI=1S/C27H30N4O3/c1-27(2,3)30-25(33)19-10-8-13-22(16-19)29-24(32)18-28-21-12-9-11-20(17-21)26(34)31(4)23-14-6-5-7-15-23/h5-17,28H,18H2,1-4H3,(H,29,32)(H,30,33). The first-order chi connectivity index (χ1) is 16.1. The van der Waals surface area contributed by atoms with Crippen LogP contribution in [-0.2, 0) is 4.79 Å². The van der Waals surface area contributed by atoms with Gasteiger partial charge in [0.25, 0.3) is 11.8 Å². The summed E-state index contributed by atoms with van der Waals surface area (Å²) in [5, 5.41) is 8.74. The maximum absolute atomic E-state index is 12.8. The van der Waals surface area contributed by atoms with Crippen molar-refractivity contribution in [3.05, 3.63) is 90.0 Å². The van der Waals surface area contributed by atoms with Crippen LogP contribution in [0.1, 0.15) is 41.5 Å². The predicted octanol–water partition coefficient (Wildman–Crippen LogP) is 4.54. The molecule has 3 rings (SSSR count). The van der Waals surface area contributed by atoms with E-state index >= 15 is 0 Å². The molecule has 0 heterocycles. The van der Waals surface area contributed by atoms with Gasteiger partial charge in [-0.2, -0.15) is 0 Å². The van der Waals surface area contributed by atoms with Crippen LogP contribution in [0.3, 0.4) is 0 Å². The molecule has 34 heavy (non-hydrogen) atoms. The SMILES string of the molecule is CN(C(=O)c1cccc(NCC(=O)Nc2cccc(C(=O)NC(C)(C)C)c2)c1)c1ccccc1. The molecule has 3 amide bonds. The molecule has 0 unspecified atom stereocenters. The lowest BCUT2D eigenvalue weighted by atomic mass is 10.1. The Hall–Kier alpha value is -4.13. The fourth-order valence-corrected chi connectivity index (χ4v) is 3.26. The Labute approximate surface area is 200 Å². The van der Waals surface area contributed by atoms with Crippen molar-refractivity contribution in [2.75, 3.05) is 29.1 Å². The molecular weight excluding hydrogens is 428 g/mol. The molecule has 3 aromatic carbocycles. The maximum atomic E-state index is 12.8. The van der Waals surface area contributed by atoms with Crippen LogP contribution in [0.15, 0.2) is 78.9 Å². The van der Waals surface area contributed by atoms with Crippen molar-refractivity contribution in [3.63, 3.8) is 0 Å². The summed E-state index contributed by atoms with van der Waals surface area (Å²) in [6.45, 7) is 5.73. The molecular formula is C27H30N4O3. The zero-order valence-corrected chi connectivity index (χ0v) is 19.9. The summed E-state index contributed by atoms with van der Waals surface area (Å²) in [5.74, 6) is -0.625. The van der Waals surface area contributed by atoms with E-state index in [1.165, 1.54) is 0 Å². The number of carbonyl (C=O) groups excluding carboxylic acids is 3. The van der Waals surface area contributed by atoms with E-state index in [2.05, 4.69) is 16.0 Å². The quantitative estimate of drug-likeness (QED) is 0.485. The molecule has 7 nitrogen and oxygen atoms in total. The average Bonchev–Trinajstić information content (AvgIpc) is 2.81. The van der Waals surface area contributed by atoms with Gasteiger partial charge in [0.1, 0.15) is 0 Å². The van der Waals surface area contributed by atoms with Gasteiger partial charge < -0.3 is 20.9 Å². The van der Waals surface area contributed by atoms with Crippen LogP contribution >= 0.6 is 0 Å². The molecule has 3 aromatic rings. The zero-order chi connectivity index (χ0) is 24.7. The summed E-state index contributed by atoms with van der Waals surface area (Å²) < 4.78 is 0. The number of hydrogen-bond donors (Lipinski definition) is 3. The van der Waals surface area contributed by atoms with Crippen LogP contribution in [0, 0.1) is 0 Å². The molecule has 0 saturated carbocycles. The third-order valence-corrected chi connectivity index (χ3v) is 4.91. The lowest BCUT2D eigenvalue weighted by molar-refractivity contribution is -0.114. The lowest BCUT2D eigenvalue weighted by Crippen LogP contribution is -2.40. The summed E-state index contributed by atoms with van der Waals surface area (Å²) in [6, 6.07) is 23.2. The number of amides is 3. The molecule has 0 bridgehead atoms. The molecule has 0 aromatic heterocycles. The van der Waals surface area contributed by atoms with Gasteiger partial charge in [0.05, 0.1) is 6.54 Å². The van der Waals surface area contributed by atoms with E-state index in [0.29, 0.717) is 22.5 Å². The van der Waals surface area contributed by atoms with Gasteiger partial charge in [-0.1, -0.05) is 30.3 Å². The normalized spacial score (nSPS) is 10.8. The largest absolute Gasteiger partial charge is 0.376 e. The van der Waals surface area contributed by atoms with Gasteiger partial charge in [0, 0.05) is 40.8 Å². The van der Waals surface area contributed by atoms with Gasteiger partial charge >= 0.3 is 0 Å². The van der Waals surface area contributed by atoms with Crippen molar-refractivity contribution >= 4 is 34.8 Å². The third kappa shape index (κ3) is 6.93. The minimum Gasteiger partial charge on any atom is -0.376 e. The Morgan fingerprint density at radius 3 is 2.09 bits per heavy atom. The van der Waals surface area contributed by atoms with E-state index < -0.39 is 0 Å². The highest BCUT2D eigenvalue weighted by Crippen LogP contribution is 2.18. The van der Waals surface area contributed by atoms with Crippen LogP contribution in [0.25, 0.3) is 0 Å². The highest BCUT2D eigenvalue weighted by Gasteiger charge is 2.16. The number of carbonyl (C=O) groups is 3. The van der Waals surface area contributed by atoms with Crippen molar-refractivity contribution in [2.45, 2.75) is 26.3 Å². The second-order valence-corrected chi connectivity index (χ2v) is 8.97.